The second-order valence-electron chi connectivity index (χ2n) is 8.28. The van der Waals surface area contributed by atoms with Crippen molar-refractivity contribution >= 4 is 11.9 Å². The largest absolute Gasteiger partial charge is 0.478 e. The summed E-state index contributed by atoms with van der Waals surface area (Å²) >= 11 is 0. The van der Waals surface area contributed by atoms with Crippen molar-refractivity contribution < 1.29 is 30.0 Å². The average molecular weight is 475 g/mol. The molecule has 0 aliphatic carbocycles. The van der Waals surface area contributed by atoms with Gasteiger partial charge in [0, 0.05) is 5.92 Å². The zero-order valence-electron chi connectivity index (χ0n) is 21.2. The van der Waals surface area contributed by atoms with Crippen molar-refractivity contribution in [3.63, 3.8) is 0 Å². The van der Waals surface area contributed by atoms with Gasteiger partial charge in [0.25, 0.3) is 0 Å². The smallest absolute Gasteiger partial charge is 0.335 e. The molecule has 0 spiro atoms. The van der Waals surface area contributed by atoms with Gasteiger partial charge in [0.15, 0.2) is 0 Å². The van der Waals surface area contributed by atoms with Gasteiger partial charge in [-0.15, -0.1) is 0 Å². The Morgan fingerprint density at radius 3 is 1.15 bits per heavy atom. The van der Waals surface area contributed by atoms with Crippen molar-refractivity contribution in [2.75, 3.05) is 0 Å². The molecule has 2 aromatic rings. The molecule has 0 aromatic heterocycles. The van der Waals surface area contributed by atoms with E-state index in [2.05, 4.69) is 0 Å². The monoisotopic (exact) mass is 474 g/mol. The molecule has 6 heteroatoms. The standard InChI is InChI=1S/C10H22O2.2C9H10O2/c1-4-6-9(11)8(3)10(12)7-5-2;2*1-2-7-3-5-8(6-4-7)9(10)11/h8-12H,4-7H2,1-3H3;2*3-6H,2H2,1H3,(H,10,11). The first-order valence-corrected chi connectivity index (χ1v) is 12.1. The predicted octanol–water partition coefficient (Wildman–Crippen LogP) is 5.84. The van der Waals surface area contributed by atoms with Crippen LogP contribution in [0.5, 0.6) is 0 Å². The molecule has 34 heavy (non-hydrogen) atoms. The Labute approximate surface area is 204 Å². The molecule has 2 rings (SSSR count). The second kappa shape index (κ2) is 17.7. The van der Waals surface area contributed by atoms with E-state index in [9.17, 15) is 19.8 Å². The quantitative estimate of drug-likeness (QED) is 0.344. The van der Waals surface area contributed by atoms with E-state index < -0.39 is 11.9 Å². The van der Waals surface area contributed by atoms with E-state index in [1.54, 1.807) is 24.3 Å². The molecule has 2 atom stereocenters. The van der Waals surface area contributed by atoms with Gasteiger partial charge in [0.1, 0.15) is 0 Å². The SMILES string of the molecule is CCCC(O)C(C)C(O)CCC.CCc1ccc(C(=O)O)cc1.CCc1ccc(C(=O)O)cc1. The van der Waals surface area contributed by atoms with Crippen molar-refractivity contribution in [3.8, 4) is 0 Å². The first-order valence-electron chi connectivity index (χ1n) is 12.1. The fraction of sp³-hybridized carbons (Fsp3) is 0.500. The molecule has 190 valence electrons. The number of benzene rings is 2. The lowest BCUT2D eigenvalue weighted by Gasteiger charge is -2.23. The second-order valence-corrected chi connectivity index (χ2v) is 8.28. The molecule has 0 amide bonds. The molecular weight excluding hydrogens is 432 g/mol. The minimum atomic E-state index is -0.868. The Bertz CT molecular complexity index is 744. The summed E-state index contributed by atoms with van der Waals surface area (Å²) in [5.74, 6) is -1.72. The third-order valence-electron chi connectivity index (χ3n) is 5.60. The van der Waals surface area contributed by atoms with Crippen molar-refractivity contribution in [2.45, 2.75) is 85.4 Å². The van der Waals surface area contributed by atoms with Crippen LogP contribution < -0.4 is 0 Å². The van der Waals surface area contributed by atoms with Crippen molar-refractivity contribution in [1.29, 1.82) is 0 Å². The fourth-order valence-corrected chi connectivity index (χ4v) is 3.14. The van der Waals surface area contributed by atoms with Crippen molar-refractivity contribution in [3.05, 3.63) is 70.8 Å². The third kappa shape index (κ3) is 12.5. The van der Waals surface area contributed by atoms with Crippen LogP contribution in [0.1, 0.15) is 92.1 Å². The zero-order chi connectivity index (χ0) is 26.1. The summed E-state index contributed by atoms with van der Waals surface area (Å²) in [6.07, 6.45) is 4.76. The number of carboxylic acids is 2. The number of hydrogen-bond donors (Lipinski definition) is 4. The first-order chi connectivity index (χ1) is 16.1. The van der Waals surface area contributed by atoms with Gasteiger partial charge < -0.3 is 20.4 Å². The van der Waals surface area contributed by atoms with Crippen LogP contribution in [0.15, 0.2) is 48.5 Å². The molecule has 2 aromatic carbocycles. The Morgan fingerprint density at radius 2 is 0.941 bits per heavy atom. The maximum atomic E-state index is 10.4. The average Bonchev–Trinajstić information content (AvgIpc) is 2.84. The molecule has 6 nitrogen and oxygen atoms in total. The summed E-state index contributed by atoms with van der Waals surface area (Å²) in [7, 11) is 0. The Hall–Kier alpha value is -2.70. The molecular formula is C28H42O6. The summed E-state index contributed by atoms with van der Waals surface area (Å²) < 4.78 is 0. The van der Waals surface area contributed by atoms with Gasteiger partial charge in [-0.2, -0.15) is 0 Å². The van der Waals surface area contributed by atoms with Gasteiger partial charge in [-0.3, -0.25) is 0 Å². The number of hydrogen-bond acceptors (Lipinski definition) is 4. The Morgan fingerprint density at radius 1 is 0.647 bits per heavy atom. The van der Waals surface area contributed by atoms with E-state index in [-0.39, 0.29) is 18.1 Å². The summed E-state index contributed by atoms with van der Waals surface area (Å²) in [4.78, 5) is 20.8. The van der Waals surface area contributed by atoms with Crippen LogP contribution in [0.3, 0.4) is 0 Å². The van der Waals surface area contributed by atoms with E-state index in [0.29, 0.717) is 11.1 Å². The highest BCUT2D eigenvalue weighted by atomic mass is 16.4. The molecule has 2 unspecified atom stereocenters. The number of aliphatic hydroxyl groups excluding tert-OH is 2. The van der Waals surface area contributed by atoms with Crippen LogP contribution in [-0.4, -0.2) is 44.6 Å². The third-order valence-corrected chi connectivity index (χ3v) is 5.60. The Kier molecular flexibility index (Phi) is 16.3. The number of aromatic carboxylic acids is 2. The fourth-order valence-electron chi connectivity index (χ4n) is 3.14. The van der Waals surface area contributed by atoms with Gasteiger partial charge in [-0.25, -0.2) is 9.59 Å². The highest BCUT2D eigenvalue weighted by Crippen LogP contribution is 2.16. The first kappa shape index (κ1) is 31.3. The van der Waals surface area contributed by atoms with Crippen molar-refractivity contribution in [2.24, 2.45) is 5.92 Å². The molecule has 0 bridgehead atoms. The van der Waals surface area contributed by atoms with E-state index in [1.165, 1.54) is 0 Å². The predicted molar refractivity (Wildman–Crippen MR) is 137 cm³/mol. The lowest BCUT2D eigenvalue weighted by Crippen LogP contribution is -2.29. The van der Waals surface area contributed by atoms with Crippen LogP contribution in [-0.2, 0) is 12.8 Å². The Balaban J connectivity index is 0.000000481. The maximum absolute atomic E-state index is 10.4. The van der Waals surface area contributed by atoms with Crippen molar-refractivity contribution in [1.82, 2.24) is 0 Å². The topological polar surface area (TPSA) is 115 Å². The lowest BCUT2D eigenvalue weighted by molar-refractivity contribution is 0.0132. The summed E-state index contributed by atoms with van der Waals surface area (Å²) in [5, 5.41) is 36.2. The maximum Gasteiger partial charge on any atom is 0.335 e. The number of aryl methyl sites for hydroxylation is 2. The highest BCUT2D eigenvalue weighted by Gasteiger charge is 2.20. The minimum Gasteiger partial charge on any atom is -0.478 e. The zero-order valence-corrected chi connectivity index (χ0v) is 21.2. The highest BCUT2D eigenvalue weighted by molar-refractivity contribution is 5.87. The van der Waals surface area contributed by atoms with Gasteiger partial charge >= 0.3 is 11.9 Å². The molecule has 0 aliphatic heterocycles. The van der Waals surface area contributed by atoms with Crippen LogP contribution in [0, 0.1) is 5.92 Å². The number of carboxylic acid groups (broad SMARTS) is 2. The van der Waals surface area contributed by atoms with E-state index in [0.717, 1.165) is 49.7 Å². The van der Waals surface area contributed by atoms with Gasteiger partial charge in [0.05, 0.1) is 23.3 Å². The molecule has 0 saturated heterocycles. The van der Waals surface area contributed by atoms with Gasteiger partial charge in [0.2, 0.25) is 0 Å². The molecule has 4 N–H and O–H groups in total. The van der Waals surface area contributed by atoms with Crippen LogP contribution in [0.4, 0.5) is 0 Å². The minimum absolute atomic E-state index is 0.0184. The van der Waals surface area contributed by atoms with E-state index in [1.807, 2.05) is 58.9 Å². The number of carbonyl (C=O) groups is 2. The van der Waals surface area contributed by atoms with Crippen LogP contribution >= 0.6 is 0 Å². The summed E-state index contributed by atoms with van der Waals surface area (Å²) in [6.45, 7) is 10.1. The molecule has 0 saturated carbocycles. The molecule has 0 radical (unpaired) electrons. The molecule has 0 heterocycles. The number of aliphatic hydroxyl groups is 2. The van der Waals surface area contributed by atoms with Crippen LogP contribution in [0.25, 0.3) is 0 Å². The van der Waals surface area contributed by atoms with Gasteiger partial charge in [-0.1, -0.05) is 71.7 Å². The normalized spacial score (nSPS) is 12.8. The molecule has 0 aliphatic rings. The van der Waals surface area contributed by atoms with Gasteiger partial charge in [-0.05, 0) is 61.1 Å². The molecule has 0 fully saturated rings. The lowest BCUT2D eigenvalue weighted by atomic mass is 9.92. The number of rotatable bonds is 10. The summed E-state index contributed by atoms with van der Waals surface area (Å²) in [6, 6.07) is 13.9. The summed E-state index contributed by atoms with van der Waals surface area (Å²) in [5.41, 5.74) is 3.02. The van der Waals surface area contributed by atoms with Crippen LogP contribution in [0.2, 0.25) is 0 Å². The van der Waals surface area contributed by atoms with E-state index in [4.69, 9.17) is 10.2 Å². The van der Waals surface area contributed by atoms with E-state index >= 15 is 0 Å².